The third-order valence-corrected chi connectivity index (χ3v) is 5.58. The molecule has 1 N–H and O–H groups in total. The molecule has 0 saturated carbocycles. The topological polar surface area (TPSA) is 35.8 Å². The minimum Gasteiger partial charge on any atom is -0.357 e. The van der Waals surface area contributed by atoms with Crippen LogP contribution < -0.4 is 5.32 Å². The van der Waals surface area contributed by atoms with Crippen molar-refractivity contribution in [1.82, 2.24) is 19.7 Å². The van der Waals surface area contributed by atoms with Gasteiger partial charge in [-0.2, -0.15) is 0 Å². The van der Waals surface area contributed by atoms with Gasteiger partial charge in [-0.25, -0.2) is 0 Å². The normalized spacial score (nSPS) is 17.8. The molecule has 3 rings (SSSR count). The number of hydrogen-bond donors (Lipinski definition) is 1. The van der Waals surface area contributed by atoms with Crippen molar-refractivity contribution in [2.24, 2.45) is 18.0 Å². The van der Waals surface area contributed by atoms with Crippen molar-refractivity contribution in [3.05, 3.63) is 59.9 Å². The molecule has 152 valence electrons. The summed E-state index contributed by atoms with van der Waals surface area (Å²) < 4.78 is 2.17. The molecule has 1 aromatic heterocycles. The SMILES string of the molecule is CCNC(=NCC1CCN(CCc2ccccc2)C1)N(C)Cc1cccn1C. The zero-order valence-electron chi connectivity index (χ0n) is 17.6. The second-order valence-electron chi connectivity index (χ2n) is 7.85. The van der Waals surface area contributed by atoms with Gasteiger partial charge in [-0.05, 0) is 49.9 Å². The van der Waals surface area contributed by atoms with Crippen LogP contribution in [0.25, 0.3) is 0 Å². The summed E-state index contributed by atoms with van der Waals surface area (Å²) >= 11 is 0. The Morgan fingerprint density at radius 3 is 2.75 bits per heavy atom. The molecule has 0 amide bonds. The predicted molar refractivity (Wildman–Crippen MR) is 118 cm³/mol. The van der Waals surface area contributed by atoms with E-state index in [9.17, 15) is 0 Å². The van der Waals surface area contributed by atoms with Gasteiger partial charge >= 0.3 is 0 Å². The second-order valence-corrected chi connectivity index (χ2v) is 7.85. The smallest absolute Gasteiger partial charge is 0.194 e. The van der Waals surface area contributed by atoms with Crippen molar-refractivity contribution in [1.29, 1.82) is 0 Å². The minimum absolute atomic E-state index is 0.660. The van der Waals surface area contributed by atoms with Gasteiger partial charge in [0.25, 0.3) is 0 Å². The summed E-state index contributed by atoms with van der Waals surface area (Å²) in [7, 11) is 4.21. The standard InChI is InChI=1S/C23H35N5/c1-4-24-23(27(3)19-22-11-8-14-26(22)2)25-17-21-13-16-28(18-21)15-12-20-9-6-5-7-10-20/h5-11,14,21H,4,12-13,15-19H2,1-3H3,(H,24,25). The first kappa shape index (κ1) is 20.5. The molecule has 2 aromatic rings. The predicted octanol–water partition coefficient (Wildman–Crippen LogP) is 2.99. The lowest BCUT2D eigenvalue weighted by molar-refractivity contribution is 0.329. The highest BCUT2D eigenvalue weighted by molar-refractivity contribution is 5.79. The molecule has 0 aliphatic carbocycles. The first-order chi connectivity index (χ1) is 13.7. The van der Waals surface area contributed by atoms with Crippen molar-refractivity contribution in [2.75, 3.05) is 39.8 Å². The van der Waals surface area contributed by atoms with E-state index in [0.717, 1.165) is 45.1 Å². The van der Waals surface area contributed by atoms with E-state index < -0.39 is 0 Å². The third-order valence-electron chi connectivity index (χ3n) is 5.58. The Balaban J connectivity index is 1.48. The van der Waals surface area contributed by atoms with E-state index in [4.69, 9.17) is 4.99 Å². The maximum Gasteiger partial charge on any atom is 0.194 e. The van der Waals surface area contributed by atoms with Crippen LogP contribution in [0, 0.1) is 5.92 Å². The lowest BCUT2D eigenvalue weighted by Gasteiger charge is -2.23. The molecule has 5 heteroatoms. The molecule has 1 fully saturated rings. The number of nitrogens with one attached hydrogen (secondary N) is 1. The molecular weight excluding hydrogens is 346 g/mol. The van der Waals surface area contributed by atoms with E-state index >= 15 is 0 Å². The second kappa shape index (κ2) is 10.3. The minimum atomic E-state index is 0.660. The highest BCUT2D eigenvalue weighted by Crippen LogP contribution is 2.17. The average Bonchev–Trinajstić information content (AvgIpc) is 3.33. The fraction of sp³-hybridized carbons (Fsp3) is 0.522. The number of aromatic nitrogens is 1. The third kappa shape index (κ3) is 5.86. The maximum absolute atomic E-state index is 4.95. The first-order valence-electron chi connectivity index (χ1n) is 10.5. The molecule has 28 heavy (non-hydrogen) atoms. The zero-order chi connectivity index (χ0) is 19.8. The van der Waals surface area contributed by atoms with E-state index in [2.05, 4.69) is 89.4 Å². The fourth-order valence-corrected chi connectivity index (χ4v) is 3.86. The zero-order valence-corrected chi connectivity index (χ0v) is 17.6. The van der Waals surface area contributed by atoms with E-state index in [1.807, 2.05) is 0 Å². The summed E-state index contributed by atoms with van der Waals surface area (Å²) in [4.78, 5) is 9.77. The quantitative estimate of drug-likeness (QED) is 0.564. The summed E-state index contributed by atoms with van der Waals surface area (Å²) in [5.41, 5.74) is 2.72. The van der Waals surface area contributed by atoms with Crippen LogP contribution in [0.4, 0.5) is 0 Å². The van der Waals surface area contributed by atoms with Crippen molar-refractivity contribution >= 4 is 5.96 Å². The van der Waals surface area contributed by atoms with Gasteiger partial charge in [0.1, 0.15) is 0 Å². The largest absolute Gasteiger partial charge is 0.357 e. The van der Waals surface area contributed by atoms with Crippen LogP contribution in [0.15, 0.2) is 53.7 Å². The number of aryl methyl sites for hydroxylation is 1. The number of rotatable bonds is 8. The lowest BCUT2D eigenvalue weighted by atomic mass is 10.1. The van der Waals surface area contributed by atoms with Crippen molar-refractivity contribution in [3.8, 4) is 0 Å². The molecule has 0 spiro atoms. The molecule has 2 heterocycles. The van der Waals surface area contributed by atoms with Gasteiger partial charge in [0.2, 0.25) is 0 Å². The van der Waals surface area contributed by atoms with Crippen LogP contribution in [0.5, 0.6) is 0 Å². The van der Waals surface area contributed by atoms with Crippen molar-refractivity contribution in [3.63, 3.8) is 0 Å². The summed E-state index contributed by atoms with van der Waals surface area (Å²) in [6, 6.07) is 15.1. The van der Waals surface area contributed by atoms with Crippen LogP contribution in [0.2, 0.25) is 0 Å². The van der Waals surface area contributed by atoms with Gasteiger partial charge in [0.15, 0.2) is 5.96 Å². The van der Waals surface area contributed by atoms with E-state index in [1.165, 1.54) is 24.2 Å². The molecule has 1 atom stereocenters. The molecule has 1 aromatic carbocycles. The molecule has 0 radical (unpaired) electrons. The van der Waals surface area contributed by atoms with Gasteiger partial charge in [-0.1, -0.05) is 30.3 Å². The summed E-state index contributed by atoms with van der Waals surface area (Å²) in [5, 5.41) is 3.45. The number of benzene rings is 1. The summed E-state index contributed by atoms with van der Waals surface area (Å²) in [6.07, 6.45) is 4.48. The van der Waals surface area contributed by atoms with Crippen LogP contribution >= 0.6 is 0 Å². The van der Waals surface area contributed by atoms with Gasteiger partial charge in [-0.15, -0.1) is 0 Å². The van der Waals surface area contributed by atoms with Crippen molar-refractivity contribution in [2.45, 2.75) is 26.3 Å². The molecule has 1 unspecified atom stereocenters. The monoisotopic (exact) mass is 381 g/mol. The summed E-state index contributed by atoms with van der Waals surface area (Å²) in [6.45, 7) is 8.31. The number of guanidine groups is 1. The maximum atomic E-state index is 4.95. The Labute approximate surface area is 170 Å². The van der Waals surface area contributed by atoms with E-state index in [1.54, 1.807) is 0 Å². The molecule has 1 saturated heterocycles. The van der Waals surface area contributed by atoms with Gasteiger partial charge in [-0.3, -0.25) is 4.99 Å². The van der Waals surface area contributed by atoms with Gasteiger partial charge in [0, 0.05) is 52.2 Å². The van der Waals surface area contributed by atoms with E-state index in [-0.39, 0.29) is 0 Å². The highest BCUT2D eigenvalue weighted by Gasteiger charge is 2.22. The average molecular weight is 382 g/mol. The Morgan fingerprint density at radius 2 is 2.04 bits per heavy atom. The highest BCUT2D eigenvalue weighted by atomic mass is 15.3. The van der Waals surface area contributed by atoms with E-state index in [0.29, 0.717) is 5.92 Å². The van der Waals surface area contributed by atoms with Crippen LogP contribution in [-0.2, 0) is 20.0 Å². The Morgan fingerprint density at radius 1 is 1.21 bits per heavy atom. The number of aliphatic imine (C=N–C) groups is 1. The Hall–Kier alpha value is -2.27. The molecule has 1 aliphatic rings. The van der Waals surface area contributed by atoms with Gasteiger partial charge in [0.05, 0.1) is 6.54 Å². The molecule has 5 nitrogen and oxygen atoms in total. The number of likely N-dealkylation sites (tertiary alicyclic amines) is 1. The summed E-state index contributed by atoms with van der Waals surface area (Å²) in [5.74, 6) is 1.67. The Bertz CT molecular complexity index is 736. The van der Waals surface area contributed by atoms with Crippen LogP contribution in [0.3, 0.4) is 0 Å². The van der Waals surface area contributed by atoms with Crippen LogP contribution in [-0.4, -0.2) is 60.1 Å². The Kier molecular flexibility index (Phi) is 7.54. The van der Waals surface area contributed by atoms with Crippen LogP contribution in [0.1, 0.15) is 24.6 Å². The molecule has 0 bridgehead atoms. The fourth-order valence-electron chi connectivity index (χ4n) is 3.86. The lowest BCUT2D eigenvalue weighted by Crippen LogP contribution is -2.39. The first-order valence-corrected chi connectivity index (χ1v) is 10.5. The number of nitrogens with zero attached hydrogens (tertiary/aromatic N) is 4. The van der Waals surface area contributed by atoms with Gasteiger partial charge < -0.3 is 19.7 Å². The van der Waals surface area contributed by atoms with Crippen molar-refractivity contribution < 1.29 is 0 Å². The molecular formula is C23H35N5. The molecule has 1 aliphatic heterocycles. The number of hydrogen-bond acceptors (Lipinski definition) is 2.